The second kappa shape index (κ2) is 7.70. The molecule has 3 aromatic carbocycles. The highest BCUT2D eigenvalue weighted by atomic mass is 19.4. The third kappa shape index (κ3) is 3.74. The molecule has 0 atom stereocenters. The Balaban J connectivity index is 2.02. The molecule has 160 valence electrons. The van der Waals surface area contributed by atoms with Gasteiger partial charge in [-0.15, -0.1) is 0 Å². The summed E-state index contributed by atoms with van der Waals surface area (Å²) in [6, 6.07) is 13.0. The Morgan fingerprint density at radius 2 is 1.84 bits per heavy atom. The number of alkyl halides is 3. The Bertz CT molecular complexity index is 1310. The normalized spacial score (nSPS) is 12.0. The number of nitrogens with two attached hydrogens (primary N) is 1. The molecule has 1 aromatic heterocycles. The number of hydrogen-bond acceptors (Lipinski definition) is 2. The van der Waals surface area contributed by atoms with Crippen LogP contribution in [0.25, 0.3) is 21.8 Å². The number of nitrogens with zero attached hydrogens (tertiary/aromatic N) is 1. The fourth-order valence-corrected chi connectivity index (χ4v) is 3.94. The van der Waals surface area contributed by atoms with Gasteiger partial charge in [-0.1, -0.05) is 24.3 Å². The number of fused-ring (bicyclic) bond motifs is 3. The summed E-state index contributed by atoms with van der Waals surface area (Å²) in [5.41, 5.74) is 6.68. The van der Waals surface area contributed by atoms with Crippen LogP contribution >= 0.6 is 0 Å². The first-order chi connectivity index (χ1) is 14.7. The quantitative estimate of drug-likeness (QED) is 0.440. The van der Waals surface area contributed by atoms with Crippen molar-refractivity contribution in [2.45, 2.75) is 19.3 Å². The van der Waals surface area contributed by atoms with Crippen molar-refractivity contribution in [3.05, 3.63) is 82.7 Å². The van der Waals surface area contributed by atoms with E-state index in [0.29, 0.717) is 34.5 Å². The van der Waals surface area contributed by atoms with Crippen molar-refractivity contribution in [1.82, 2.24) is 4.57 Å². The topological polar surface area (TPSA) is 57.2 Å². The summed E-state index contributed by atoms with van der Waals surface area (Å²) in [7, 11) is 1.54. The Morgan fingerprint density at radius 3 is 2.52 bits per heavy atom. The van der Waals surface area contributed by atoms with Crippen LogP contribution in [-0.4, -0.2) is 17.6 Å². The van der Waals surface area contributed by atoms with E-state index in [9.17, 15) is 22.4 Å². The van der Waals surface area contributed by atoms with Gasteiger partial charge in [0.1, 0.15) is 5.82 Å². The summed E-state index contributed by atoms with van der Waals surface area (Å²) in [5, 5.41) is 1.24. The second-order valence-electron chi connectivity index (χ2n) is 7.23. The molecule has 4 nitrogen and oxygen atoms in total. The molecule has 2 N–H and O–H groups in total. The van der Waals surface area contributed by atoms with Crippen LogP contribution in [0.15, 0.2) is 54.6 Å². The highest BCUT2D eigenvalue weighted by Gasteiger charge is 2.34. The maximum Gasteiger partial charge on any atom is 0.416 e. The first kappa shape index (κ1) is 20.9. The van der Waals surface area contributed by atoms with Crippen molar-refractivity contribution in [2.24, 2.45) is 5.73 Å². The molecule has 0 saturated heterocycles. The van der Waals surface area contributed by atoms with E-state index >= 15 is 0 Å². The number of carbonyl (C=O) groups excluding carboxylic acids is 1. The fraction of sp³-hybridized carbons (Fsp3) is 0.174. The summed E-state index contributed by atoms with van der Waals surface area (Å²) in [5.74, 6) is -1.60. The van der Waals surface area contributed by atoms with Gasteiger partial charge in [0.25, 0.3) is 0 Å². The molecule has 0 aliphatic rings. The molecule has 0 bridgehead atoms. The Morgan fingerprint density at radius 1 is 1.06 bits per heavy atom. The summed E-state index contributed by atoms with van der Waals surface area (Å²) < 4.78 is 61.1. The molecular formula is C23H18F4N2O2. The predicted molar refractivity (Wildman–Crippen MR) is 109 cm³/mol. The molecule has 31 heavy (non-hydrogen) atoms. The van der Waals surface area contributed by atoms with Gasteiger partial charge in [0.05, 0.1) is 17.7 Å². The lowest BCUT2D eigenvalue weighted by Crippen LogP contribution is -2.13. The highest BCUT2D eigenvalue weighted by molar-refractivity contribution is 6.18. The van der Waals surface area contributed by atoms with Crippen LogP contribution in [0.1, 0.15) is 27.0 Å². The zero-order valence-electron chi connectivity index (χ0n) is 16.5. The molecule has 0 radical (unpaired) electrons. The van der Waals surface area contributed by atoms with Crippen molar-refractivity contribution < 1.29 is 27.1 Å². The van der Waals surface area contributed by atoms with Crippen LogP contribution in [0.5, 0.6) is 0 Å². The Hall–Kier alpha value is -3.39. The fourth-order valence-electron chi connectivity index (χ4n) is 3.94. The predicted octanol–water partition coefficient (Wildman–Crippen LogP) is 5.25. The Labute approximate surface area is 174 Å². The number of ether oxygens (including phenoxy) is 1. The summed E-state index contributed by atoms with van der Waals surface area (Å²) in [4.78, 5) is 12.0. The molecule has 1 amide bonds. The molecule has 0 spiro atoms. The van der Waals surface area contributed by atoms with Gasteiger partial charge in [-0.2, -0.15) is 13.2 Å². The van der Waals surface area contributed by atoms with Gasteiger partial charge in [0.15, 0.2) is 0 Å². The van der Waals surface area contributed by atoms with Crippen molar-refractivity contribution >= 4 is 27.7 Å². The van der Waals surface area contributed by atoms with E-state index in [1.54, 1.807) is 42.0 Å². The lowest BCUT2D eigenvalue weighted by molar-refractivity contribution is -0.138. The molecule has 4 rings (SSSR count). The van der Waals surface area contributed by atoms with Crippen molar-refractivity contribution in [2.75, 3.05) is 7.11 Å². The number of hydrogen-bond donors (Lipinski definition) is 1. The van der Waals surface area contributed by atoms with Gasteiger partial charge in [-0.3, -0.25) is 4.79 Å². The lowest BCUT2D eigenvalue weighted by Gasteiger charge is -2.15. The average Bonchev–Trinajstić information content (AvgIpc) is 3.02. The van der Waals surface area contributed by atoms with Crippen molar-refractivity contribution in [3.63, 3.8) is 0 Å². The molecule has 0 aliphatic carbocycles. The number of amides is 1. The third-order valence-electron chi connectivity index (χ3n) is 5.24. The van der Waals surface area contributed by atoms with E-state index in [0.717, 1.165) is 17.7 Å². The zero-order valence-corrected chi connectivity index (χ0v) is 16.5. The van der Waals surface area contributed by atoms with Crippen molar-refractivity contribution in [3.8, 4) is 0 Å². The lowest BCUT2D eigenvalue weighted by atomic mass is 10.0. The van der Waals surface area contributed by atoms with Gasteiger partial charge in [0.2, 0.25) is 5.91 Å². The maximum atomic E-state index is 13.6. The van der Waals surface area contributed by atoms with E-state index < -0.39 is 23.5 Å². The molecule has 0 fully saturated rings. The number of aromatic nitrogens is 1. The molecule has 8 heteroatoms. The molecule has 0 saturated carbocycles. The van der Waals surface area contributed by atoms with Gasteiger partial charge in [-0.05, 0) is 41.5 Å². The van der Waals surface area contributed by atoms with Gasteiger partial charge in [0, 0.05) is 35.5 Å². The third-order valence-corrected chi connectivity index (χ3v) is 5.24. The maximum absolute atomic E-state index is 13.6. The number of methoxy groups -OCH3 is 1. The minimum Gasteiger partial charge on any atom is -0.380 e. The first-order valence-electron chi connectivity index (χ1n) is 9.39. The minimum absolute atomic E-state index is 0.0886. The van der Waals surface area contributed by atoms with Crippen LogP contribution in [0.3, 0.4) is 0 Å². The summed E-state index contributed by atoms with van der Waals surface area (Å²) >= 11 is 0. The number of carbonyl (C=O) groups is 1. The Kier molecular flexibility index (Phi) is 5.18. The largest absolute Gasteiger partial charge is 0.416 e. The average molecular weight is 430 g/mol. The van der Waals surface area contributed by atoms with Gasteiger partial charge < -0.3 is 15.0 Å². The standard InChI is InChI=1S/C23H18F4N2O2/c1-31-12-13-5-8-16-20(9-13)29(19-4-2-3-17(21(16)19)22(28)30)11-14-6-7-15(24)10-18(14)23(25,26)27/h2-10H,11-12H2,1H3,(H2,28,30). The number of rotatable bonds is 5. The van der Waals surface area contributed by atoms with E-state index in [1.807, 2.05) is 6.07 Å². The molecular weight excluding hydrogens is 412 g/mol. The molecule has 1 heterocycles. The number of halogens is 4. The van der Waals surface area contributed by atoms with Crippen LogP contribution in [-0.2, 0) is 24.1 Å². The zero-order chi connectivity index (χ0) is 22.3. The van der Waals surface area contributed by atoms with Gasteiger partial charge >= 0.3 is 6.18 Å². The monoisotopic (exact) mass is 430 g/mol. The van der Waals surface area contributed by atoms with E-state index in [-0.39, 0.29) is 17.7 Å². The summed E-state index contributed by atoms with van der Waals surface area (Å²) in [6.45, 7) is 0.137. The number of primary amides is 1. The molecule has 0 unspecified atom stereocenters. The van der Waals surface area contributed by atoms with Crippen LogP contribution in [0.4, 0.5) is 17.6 Å². The highest BCUT2D eigenvalue weighted by Crippen LogP contribution is 2.36. The van der Waals surface area contributed by atoms with E-state index in [2.05, 4.69) is 0 Å². The molecule has 0 aliphatic heterocycles. The van der Waals surface area contributed by atoms with Crippen molar-refractivity contribution in [1.29, 1.82) is 0 Å². The smallest absolute Gasteiger partial charge is 0.380 e. The number of benzene rings is 3. The molecule has 4 aromatic rings. The van der Waals surface area contributed by atoms with Gasteiger partial charge in [-0.25, -0.2) is 4.39 Å². The summed E-state index contributed by atoms with van der Waals surface area (Å²) in [6.07, 6.45) is -4.71. The van der Waals surface area contributed by atoms with Crippen LogP contribution in [0, 0.1) is 5.82 Å². The minimum atomic E-state index is -4.71. The second-order valence-corrected chi connectivity index (χ2v) is 7.23. The van der Waals surface area contributed by atoms with E-state index in [4.69, 9.17) is 10.5 Å². The van der Waals surface area contributed by atoms with Crippen LogP contribution < -0.4 is 5.73 Å². The first-order valence-corrected chi connectivity index (χ1v) is 9.39. The SMILES string of the molecule is COCc1ccc2c3c(C(N)=O)cccc3n(Cc3ccc(F)cc3C(F)(F)F)c2c1. The van der Waals surface area contributed by atoms with E-state index in [1.165, 1.54) is 0 Å². The van der Waals surface area contributed by atoms with Crippen LogP contribution in [0.2, 0.25) is 0 Å².